The third-order valence-electron chi connectivity index (χ3n) is 3.15. The maximum absolute atomic E-state index is 13.4. The summed E-state index contributed by atoms with van der Waals surface area (Å²) in [7, 11) is -3.79. The zero-order valence-electron chi connectivity index (χ0n) is 14.3. The Morgan fingerprint density at radius 2 is 1.29 bits per heavy atom. The van der Waals surface area contributed by atoms with Gasteiger partial charge in [-0.3, -0.25) is 4.72 Å². The largest absolute Gasteiger partial charge is 0.396 e. The van der Waals surface area contributed by atoms with Gasteiger partial charge >= 0.3 is 0 Å². The van der Waals surface area contributed by atoms with Crippen LogP contribution in [0.2, 0.25) is 0 Å². The molecule has 0 heterocycles. The average Bonchev–Trinajstić information content (AvgIpc) is 2.61. The Bertz CT molecular complexity index is 959. The van der Waals surface area contributed by atoms with Crippen LogP contribution >= 0.6 is 0 Å². The monoisotopic (exact) mass is 430 g/mol. The van der Waals surface area contributed by atoms with Gasteiger partial charge in [-0.1, -0.05) is 6.92 Å². The second-order valence-corrected chi connectivity index (χ2v) is 7.20. The smallest absolute Gasteiger partial charge is 0.232 e. The van der Waals surface area contributed by atoms with E-state index in [1.165, 1.54) is 0 Å². The van der Waals surface area contributed by atoms with E-state index >= 15 is 0 Å². The lowest BCUT2D eigenvalue weighted by Gasteiger charge is -2.10. The lowest BCUT2D eigenvalue weighted by Crippen LogP contribution is -2.18. The summed E-state index contributed by atoms with van der Waals surface area (Å²) in [6, 6.07) is 0.954. The molecule has 0 aliphatic rings. The van der Waals surface area contributed by atoms with Crippen LogP contribution in [-0.2, 0) is 10.0 Å². The lowest BCUT2D eigenvalue weighted by atomic mass is 10.2. The van der Waals surface area contributed by atoms with Crippen molar-refractivity contribution >= 4 is 32.8 Å². The van der Waals surface area contributed by atoms with Crippen LogP contribution in [0.5, 0.6) is 0 Å². The van der Waals surface area contributed by atoms with Crippen LogP contribution in [0.15, 0.2) is 12.1 Å². The molecule has 28 heavy (non-hydrogen) atoms. The number of nitrogens with two attached hydrogens (primary N) is 3. The van der Waals surface area contributed by atoms with E-state index in [0.717, 1.165) is 0 Å². The van der Waals surface area contributed by atoms with Gasteiger partial charge in [0.2, 0.25) is 10.0 Å². The Kier molecular flexibility index (Phi) is 7.38. The minimum atomic E-state index is -3.79. The highest BCUT2D eigenvalue weighted by molar-refractivity contribution is 7.92. The number of anilines is 4. The van der Waals surface area contributed by atoms with Crippen LogP contribution in [0.4, 0.5) is 49.1 Å². The van der Waals surface area contributed by atoms with Gasteiger partial charge in [-0.2, -0.15) is 0 Å². The molecule has 156 valence electrons. The fourth-order valence-electron chi connectivity index (χ4n) is 1.83. The SMILES string of the molecule is CCCS(=O)(=O)Nc1cc(F)c(F)c(N)c1F.Nc1cc(F)c(F)c(N)c1F. The van der Waals surface area contributed by atoms with Crippen molar-refractivity contribution < 1.29 is 34.8 Å². The average molecular weight is 430 g/mol. The number of benzene rings is 2. The molecule has 2 aromatic rings. The second-order valence-electron chi connectivity index (χ2n) is 5.36. The third-order valence-corrected chi connectivity index (χ3v) is 4.62. The Labute approximate surface area is 156 Å². The Morgan fingerprint density at radius 3 is 1.79 bits per heavy atom. The highest BCUT2D eigenvalue weighted by Gasteiger charge is 2.19. The van der Waals surface area contributed by atoms with Crippen LogP contribution in [0.25, 0.3) is 0 Å². The number of hydrogen-bond donors (Lipinski definition) is 4. The van der Waals surface area contributed by atoms with Gasteiger partial charge in [0.15, 0.2) is 34.9 Å². The summed E-state index contributed by atoms with van der Waals surface area (Å²) in [6.45, 7) is 1.61. The van der Waals surface area contributed by atoms with Crippen molar-refractivity contribution in [2.75, 3.05) is 27.7 Å². The number of halogens is 6. The van der Waals surface area contributed by atoms with Crippen molar-refractivity contribution in [3.8, 4) is 0 Å². The van der Waals surface area contributed by atoms with Crippen LogP contribution in [0.3, 0.4) is 0 Å². The maximum Gasteiger partial charge on any atom is 0.232 e. The van der Waals surface area contributed by atoms with E-state index in [2.05, 4.69) is 0 Å². The second kappa shape index (κ2) is 8.91. The first-order valence-corrected chi connectivity index (χ1v) is 9.09. The first kappa shape index (κ1) is 23.2. The maximum atomic E-state index is 13.4. The van der Waals surface area contributed by atoms with Crippen LogP contribution in [0, 0.1) is 34.9 Å². The molecular formula is C15H16F6N4O2S. The van der Waals surface area contributed by atoms with E-state index in [-0.39, 0.29) is 5.75 Å². The van der Waals surface area contributed by atoms with Crippen LogP contribution in [0.1, 0.15) is 13.3 Å². The first-order valence-electron chi connectivity index (χ1n) is 7.44. The summed E-state index contributed by atoms with van der Waals surface area (Å²) >= 11 is 0. The van der Waals surface area contributed by atoms with Crippen LogP contribution in [-0.4, -0.2) is 14.2 Å². The molecule has 2 aromatic carbocycles. The lowest BCUT2D eigenvalue weighted by molar-refractivity contribution is 0.501. The molecule has 0 spiro atoms. The van der Waals surface area contributed by atoms with Crippen LogP contribution < -0.4 is 21.9 Å². The molecule has 0 radical (unpaired) electrons. The zero-order chi connectivity index (χ0) is 21.8. The molecule has 0 bridgehead atoms. The number of nitrogen functional groups attached to an aromatic ring is 3. The van der Waals surface area contributed by atoms with Crippen molar-refractivity contribution in [1.82, 2.24) is 0 Å². The van der Waals surface area contributed by atoms with E-state index in [4.69, 9.17) is 17.2 Å². The van der Waals surface area contributed by atoms with Crippen molar-refractivity contribution in [2.24, 2.45) is 0 Å². The molecule has 0 aliphatic carbocycles. The van der Waals surface area contributed by atoms with E-state index < -0.39 is 67.7 Å². The fraction of sp³-hybridized carbons (Fsp3) is 0.200. The molecule has 0 atom stereocenters. The molecule has 13 heteroatoms. The predicted octanol–water partition coefficient (Wildman–Crippen LogP) is 3.11. The minimum Gasteiger partial charge on any atom is -0.396 e. The summed E-state index contributed by atoms with van der Waals surface area (Å²) in [6.07, 6.45) is 0.302. The van der Waals surface area contributed by atoms with Gasteiger partial charge in [0, 0.05) is 12.1 Å². The molecule has 7 N–H and O–H groups in total. The van der Waals surface area contributed by atoms with E-state index in [9.17, 15) is 34.8 Å². The summed E-state index contributed by atoms with van der Waals surface area (Å²) in [5, 5.41) is 0. The number of hydrogen-bond acceptors (Lipinski definition) is 5. The fourth-order valence-corrected chi connectivity index (χ4v) is 2.95. The van der Waals surface area contributed by atoms with Gasteiger partial charge in [0.25, 0.3) is 0 Å². The van der Waals surface area contributed by atoms with Crippen molar-refractivity contribution in [2.45, 2.75) is 13.3 Å². The number of sulfonamides is 1. The van der Waals surface area contributed by atoms with Gasteiger partial charge < -0.3 is 17.2 Å². The molecule has 0 aromatic heterocycles. The minimum absolute atomic E-state index is 0.259. The standard InChI is InChI=1S/C9H11F3N2O2S.C6H5F3N2/c1-2-3-17(15,16)14-6-4-5(10)7(11)9(13)8(6)12;7-2-1-3(10)5(9)6(11)4(2)8/h4,14H,2-3,13H2,1H3;1H,10-11H2. The molecule has 0 aliphatic heterocycles. The quantitative estimate of drug-likeness (QED) is 0.337. The van der Waals surface area contributed by atoms with Crippen molar-refractivity contribution in [3.05, 3.63) is 47.0 Å². The Hall–Kier alpha value is -2.83. The first-order chi connectivity index (χ1) is 12.8. The molecule has 0 amide bonds. The summed E-state index contributed by atoms with van der Waals surface area (Å²) < 4.78 is 101. The van der Waals surface area contributed by atoms with E-state index in [1.54, 1.807) is 11.6 Å². The van der Waals surface area contributed by atoms with Gasteiger partial charge in [0.05, 0.1) is 17.1 Å². The van der Waals surface area contributed by atoms with Gasteiger partial charge in [-0.15, -0.1) is 0 Å². The zero-order valence-corrected chi connectivity index (χ0v) is 15.1. The summed E-state index contributed by atoms with van der Waals surface area (Å²) in [5.41, 5.74) is 11.6. The van der Waals surface area contributed by atoms with Crippen molar-refractivity contribution in [3.63, 3.8) is 0 Å². The molecule has 2 rings (SSSR count). The topological polar surface area (TPSA) is 124 Å². The third kappa shape index (κ3) is 5.34. The van der Waals surface area contributed by atoms with Gasteiger partial charge in [0.1, 0.15) is 11.4 Å². The molecular weight excluding hydrogens is 414 g/mol. The summed E-state index contributed by atoms with van der Waals surface area (Å²) in [5.74, 6) is -8.32. The molecule has 0 saturated heterocycles. The highest BCUT2D eigenvalue weighted by atomic mass is 32.2. The normalized spacial score (nSPS) is 11.0. The predicted molar refractivity (Wildman–Crippen MR) is 93.6 cm³/mol. The summed E-state index contributed by atoms with van der Waals surface area (Å²) in [4.78, 5) is 0. The van der Waals surface area contributed by atoms with Crippen molar-refractivity contribution in [1.29, 1.82) is 0 Å². The molecule has 0 unspecified atom stereocenters. The molecule has 6 nitrogen and oxygen atoms in total. The Balaban J connectivity index is 0.000000307. The molecule has 0 fully saturated rings. The number of nitrogens with one attached hydrogen (secondary N) is 1. The van der Waals surface area contributed by atoms with E-state index in [1.807, 2.05) is 0 Å². The Morgan fingerprint density at radius 1 is 0.821 bits per heavy atom. The molecule has 0 saturated carbocycles. The van der Waals surface area contributed by atoms with Gasteiger partial charge in [-0.05, 0) is 6.42 Å². The van der Waals surface area contributed by atoms with Gasteiger partial charge in [-0.25, -0.2) is 34.8 Å². The van der Waals surface area contributed by atoms with E-state index in [0.29, 0.717) is 18.6 Å². The highest BCUT2D eigenvalue weighted by Crippen LogP contribution is 2.26. The number of rotatable bonds is 4.